The van der Waals surface area contributed by atoms with Crippen molar-refractivity contribution in [3.63, 3.8) is 0 Å². The summed E-state index contributed by atoms with van der Waals surface area (Å²) in [5.41, 5.74) is 1.17. The van der Waals surface area contributed by atoms with E-state index in [-0.39, 0.29) is 39.2 Å². The highest BCUT2D eigenvalue weighted by molar-refractivity contribution is 6.47. The topological polar surface area (TPSA) is 98.2 Å². The number of ether oxygens (including phenoxy) is 3. The first kappa shape index (κ1) is 25.3. The third kappa shape index (κ3) is 4.34. The number of para-hydroxylation sites is 1. The minimum Gasteiger partial charge on any atom is -0.507 e. The lowest BCUT2D eigenvalue weighted by Crippen LogP contribution is -2.29. The lowest BCUT2D eigenvalue weighted by atomic mass is 9.95. The second kappa shape index (κ2) is 10.5. The van der Waals surface area contributed by atoms with Crippen molar-refractivity contribution >= 4 is 40.7 Å². The number of aliphatic hydroxyl groups is 1. The van der Waals surface area contributed by atoms with Crippen LogP contribution in [0.15, 0.2) is 60.4 Å². The number of pyridine rings is 1. The summed E-state index contributed by atoms with van der Waals surface area (Å²) in [5.74, 6) is -1.39. The Labute approximate surface area is 217 Å². The van der Waals surface area contributed by atoms with Crippen molar-refractivity contribution in [3.05, 3.63) is 87.2 Å². The predicted molar refractivity (Wildman–Crippen MR) is 135 cm³/mol. The lowest BCUT2D eigenvalue weighted by Gasteiger charge is -2.26. The Morgan fingerprint density at radius 3 is 2.31 bits per heavy atom. The highest BCUT2D eigenvalue weighted by Crippen LogP contribution is 2.47. The highest BCUT2D eigenvalue weighted by atomic mass is 35.5. The maximum absolute atomic E-state index is 13.4. The highest BCUT2D eigenvalue weighted by Gasteiger charge is 2.46. The molecule has 1 fully saturated rings. The number of ketones is 1. The van der Waals surface area contributed by atoms with Gasteiger partial charge in [0.2, 0.25) is 0 Å². The number of rotatable bonds is 7. The van der Waals surface area contributed by atoms with Gasteiger partial charge in [0.05, 0.1) is 50.1 Å². The normalized spacial score (nSPS) is 16.8. The monoisotopic (exact) mass is 528 g/mol. The number of carbonyl (C=O) groups excluding carboxylic acids is 2. The van der Waals surface area contributed by atoms with Crippen LogP contribution in [0.5, 0.6) is 17.2 Å². The van der Waals surface area contributed by atoms with Crippen molar-refractivity contribution in [2.45, 2.75) is 12.6 Å². The molecular formula is C26H22Cl2N2O6. The van der Waals surface area contributed by atoms with E-state index >= 15 is 0 Å². The van der Waals surface area contributed by atoms with Crippen LogP contribution in [0, 0.1) is 0 Å². The van der Waals surface area contributed by atoms with Gasteiger partial charge < -0.3 is 24.2 Å². The number of likely N-dealkylation sites (tertiary alicyclic amines) is 1. The molecule has 10 heteroatoms. The van der Waals surface area contributed by atoms with Crippen molar-refractivity contribution in [2.24, 2.45) is 0 Å². The summed E-state index contributed by atoms with van der Waals surface area (Å²) in [6.07, 6.45) is 3.08. The van der Waals surface area contributed by atoms with E-state index in [1.54, 1.807) is 42.7 Å². The fourth-order valence-electron chi connectivity index (χ4n) is 4.24. The lowest BCUT2D eigenvalue weighted by molar-refractivity contribution is -0.140. The van der Waals surface area contributed by atoms with Crippen LogP contribution in [0.4, 0.5) is 0 Å². The molecule has 0 aliphatic carbocycles. The molecule has 1 unspecified atom stereocenters. The zero-order valence-corrected chi connectivity index (χ0v) is 21.1. The number of aliphatic hydroxyl groups excluding tert-OH is 1. The number of Topliss-reactive ketones (excluding diaryl/α,β-unsaturated/α-hetero) is 1. The second-order valence-corrected chi connectivity index (χ2v) is 8.59. The molecule has 1 N–H and O–H groups in total. The van der Waals surface area contributed by atoms with E-state index in [4.69, 9.17) is 37.4 Å². The number of hydrogen-bond donors (Lipinski definition) is 1. The number of methoxy groups -OCH3 is 3. The number of benzene rings is 2. The standard InChI is InChI=1S/C26H22Cl2N2O6/c1-34-18-7-5-4-6-15(18)13-30-21(14-8-10-29-11-9-14)19(23(32)26(30)33)22(31)16-12-17(27)25(36-3)20(28)24(16)35-2/h4-12,21,31H,13H2,1-3H3/b22-19+. The maximum atomic E-state index is 13.4. The average molecular weight is 529 g/mol. The van der Waals surface area contributed by atoms with Gasteiger partial charge in [-0.1, -0.05) is 41.4 Å². The maximum Gasteiger partial charge on any atom is 0.295 e. The van der Waals surface area contributed by atoms with Gasteiger partial charge in [-0.2, -0.15) is 0 Å². The van der Waals surface area contributed by atoms with Crippen LogP contribution < -0.4 is 14.2 Å². The molecule has 0 bridgehead atoms. The van der Waals surface area contributed by atoms with E-state index in [9.17, 15) is 14.7 Å². The van der Waals surface area contributed by atoms with Gasteiger partial charge in [-0.3, -0.25) is 14.6 Å². The minimum atomic E-state index is -0.928. The van der Waals surface area contributed by atoms with E-state index in [1.165, 1.54) is 32.3 Å². The zero-order valence-electron chi connectivity index (χ0n) is 19.6. The summed E-state index contributed by atoms with van der Waals surface area (Å²) >= 11 is 12.7. The molecule has 0 radical (unpaired) electrons. The molecule has 1 aliphatic rings. The van der Waals surface area contributed by atoms with E-state index < -0.39 is 23.5 Å². The summed E-state index contributed by atoms with van der Waals surface area (Å²) in [6, 6.07) is 11.0. The third-order valence-corrected chi connectivity index (χ3v) is 6.51. The molecule has 0 saturated carbocycles. The molecule has 2 aromatic carbocycles. The average Bonchev–Trinajstić information content (AvgIpc) is 3.14. The first-order valence-corrected chi connectivity index (χ1v) is 11.5. The van der Waals surface area contributed by atoms with Crippen molar-refractivity contribution in [3.8, 4) is 17.2 Å². The van der Waals surface area contributed by atoms with Gasteiger partial charge in [0, 0.05) is 18.0 Å². The van der Waals surface area contributed by atoms with Crippen LogP contribution in [0.2, 0.25) is 10.0 Å². The first-order valence-electron chi connectivity index (χ1n) is 10.7. The van der Waals surface area contributed by atoms with Gasteiger partial charge in [-0.25, -0.2) is 0 Å². The Bertz CT molecular complexity index is 1360. The molecular weight excluding hydrogens is 507 g/mol. The van der Waals surface area contributed by atoms with Gasteiger partial charge >= 0.3 is 0 Å². The third-order valence-electron chi connectivity index (χ3n) is 5.89. The predicted octanol–water partition coefficient (Wildman–Crippen LogP) is 5.04. The first-order chi connectivity index (χ1) is 17.3. The summed E-state index contributed by atoms with van der Waals surface area (Å²) in [6.45, 7) is 0.0552. The van der Waals surface area contributed by atoms with Gasteiger partial charge in [-0.05, 0) is 29.8 Å². The Kier molecular flexibility index (Phi) is 7.37. The molecule has 0 spiro atoms. The van der Waals surface area contributed by atoms with Crippen molar-refractivity contribution in [2.75, 3.05) is 21.3 Å². The van der Waals surface area contributed by atoms with Gasteiger partial charge in [-0.15, -0.1) is 0 Å². The van der Waals surface area contributed by atoms with Crippen molar-refractivity contribution in [1.29, 1.82) is 0 Å². The Morgan fingerprint density at radius 1 is 1.00 bits per heavy atom. The van der Waals surface area contributed by atoms with Crippen LogP contribution in [0.1, 0.15) is 22.7 Å². The number of nitrogens with zero attached hydrogens (tertiary/aromatic N) is 2. The molecule has 1 saturated heterocycles. The Hall–Kier alpha value is -3.75. The molecule has 2 heterocycles. The summed E-state index contributed by atoms with van der Waals surface area (Å²) in [5, 5.41) is 11.6. The van der Waals surface area contributed by atoms with Crippen LogP contribution in [0.3, 0.4) is 0 Å². The molecule has 1 aliphatic heterocycles. The molecule has 8 nitrogen and oxygen atoms in total. The zero-order chi connectivity index (χ0) is 26.0. The van der Waals surface area contributed by atoms with Gasteiger partial charge in [0.25, 0.3) is 11.7 Å². The molecule has 1 aromatic heterocycles. The van der Waals surface area contributed by atoms with Crippen molar-refractivity contribution in [1.82, 2.24) is 9.88 Å². The SMILES string of the molecule is COc1ccccc1CN1C(=O)C(=O)/C(=C(/O)c2cc(Cl)c(OC)c(Cl)c2OC)C1c1ccncc1. The van der Waals surface area contributed by atoms with Crippen LogP contribution in [0.25, 0.3) is 5.76 Å². The van der Waals surface area contributed by atoms with Crippen LogP contribution in [-0.2, 0) is 16.1 Å². The Morgan fingerprint density at radius 2 is 1.67 bits per heavy atom. The number of hydrogen-bond acceptors (Lipinski definition) is 7. The van der Waals surface area contributed by atoms with E-state index in [1.807, 2.05) is 6.07 Å². The fourth-order valence-corrected chi connectivity index (χ4v) is 4.93. The summed E-state index contributed by atoms with van der Waals surface area (Å²) < 4.78 is 16.1. The second-order valence-electron chi connectivity index (χ2n) is 7.81. The van der Waals surface area contributed by atoms with Gasteiger partial charge in [0.1, 0.15) is 16.5 Å². The Balaban J connectivity index is 1.94. The van der Waals surface area contributed by atoms with Crippen LogP contribution in [-0.4, -0.2) is 48.0 Å². The minimum absolute atomic E-state index is 0.0118. The molecule has 186 valence electrons. The van der Waals surface area contributed by atoms with Gasteiger partial charge in [0.15, 0.2) is 11.5 Å². The summed E-state index contributed by atoms with van der Waals surface area (Å²) in [4.78, 5) is 32.1. The number of halogens is 2. The quantitative estimate of drug-likeness (QED) is 0.260. The van der Waals surface area contributed by atoms with E-state index in [2.05, 4.69) is 4.98 Å². The fraction of sp³-hybridized carbons (Fsp3) is 0.192. The molecule has 4 rings (SSSR count). The summed E-state index contributed by atoms with van der Waals surface area (Å²) in [7, 11) is 4.27. The molecule has 1 atom stereocenters. The molecule has 1 amide bonds. The van der Waals surface area contributed by atoms with Crippen molar-refractivity contribution < 1.29 is 28.9 Å². The van der Waals surface area contributed by atoms with E-state index in [0.29, 0.717) is 16.9 Å². The smallest absolute Gasteiger partial charge is 0.295 e. The number of aromatic nitrogens is 1. The molecule has 36 heavy (non-hydrogen) atoms. The van der Waals surface area contributed by atoms with Crippen LogP contribution >= 0.6 is 23.2 Å². The number of amides is 1. The number of carbonyl (C=O) groups is 2. The largest absolute Gasteiger partial charge is 0.507 e. The van der Waals surface area contributed by atoms with E-state index in [0.717, 1.165) is 0 Å². The molecule has 3 aromatic rings.